The van der Waals surface area contributed by atoms with E-state index < -0.39 is 0 Å². The van der Waals surface area contributed by atoms with Crippen LogP contribution in [0.15, 0.2) is 91.3 Å². The summed E-state index contributed by atoms with van der Waals surface area (Å²) in [4.78, 5) is 31.7. The molecular weight excluding hydrogens is 464 g/mol. The molecule has 0 spiro atoms. The molecule has 2 heterocycles. The second kappa shape index (κ2) is 12.1. The predicted molar refractivity (Wildman–Crippen MR) is 145 cm³/mol. The summed E-state index contributed by atoms with van der Waals surface area (Å²) in [7, 11) is 3.08. The standard InChI is InChI=1S/C29H26N4O2.CH4O/c1-33-18-25-9-10-27(16-26(25)19-33)32-29(35)24-4-2-3-20(15-24)17-31-28(34)23-7-5-21(6-8-23)22-11-13-30-14-12-22;1-2/h2-16H,17-19H2,1H3,(H,31,34)(H,32,35);2H,1H3. The van der Waals surface area contributed by atoms with E-state index in [2.05, 4.69) is 33.6 Å². The summed E-state index contributed by atoms with van der Waals surface area (Å²) < 4.78 is 0. The van der Waals surface area contributed by atoms with Crippen molar-refractivity contribution in [3.05, 3.63) is 119 Å². The van der Waals surface area contributed by atoms with Crippen LogP contribution in [0.2, 0.25) is 0 Å². The summed E-state index contributed by atoms with van der Waals surface area (Å²) in [6.07, 6.45) is 3.49. The number of rotatable bonds is 6. The number of carbonyl (C=O) groups excluding carboxylic acids is 2. The summed E-state index contributed by atoms with van der Waals surface area (Å²) in [6.45, 7) is 2.16. The van der Waals surface area contributed by atoms with E-state index in [1.165, 1.54) is 11.1 Å². The van der Waals surface area contributed by atoms with Gasteiger partial charge in [0.1, 0.15) is 0 Å². The molecule has 3 aromatic carbocycles. The maximum absolute atomic E-state index is 12.8. The number of hydrogen-bond donors (Lipinski definition) is 3. The first-order chi connectivity index (χ1) is 18.0. The van der Waals surface area contributed by atoms with Crippen LogP contribution in [-0.2, 0) is 19.6 Å². The highest BCUT2D eigenvalue weighted by atomic mass is 16.2. The van der Waals surface area contributed by atoms with Crippen molar-refractivity contribution in [3.63, 3.8) is 0 Å². The van der Waals surface area contributed by atoms with Crippen molar-refractivity contribution in [2.75, 3.05) is 19.5 Å². The van der Waals surface area contributed by atoms with Gasteiger partial charge in [-0.1, -0.05) is 30.3 Å². The highest BCUT2D eigenvalue weighted by Crippen LogP contribution is 2.25. The highest BCUT2D eigenvalue weighted by Gasteiger charge is 2.16. The number of aliphatic hydroxyl groups excluding tert-OH is 1. The molecular formula is C30H30N4O3. The van der Waals surface area contributed by atoms with E-state index in [9.17, 15) is 9.59 Å². The summed E-state index contributed by atoms with van der Waals surface area (Å²) in [5.74, 6) is -0.333. The van der Waals surface area contributed by atoms with Gasteiger partial charge in [-0.3, -0.25) is 19.5 Å². The third kappa shape index (κ3) is 6.46. The maximum Gasteiger partial charge on any atom is 0.255 e. The fourth-order valence-electron chi connectivity index (χ4n) is 4.31. The van der Waals surface area contributed by atoms with Crippen molar-refractivity contribution in [1.82, 2.24) is 15.2 Å². The van der Waals surface area contributed by atoms with Crippen LogP contribution in [0.4, 0.5) is 5.69 Å². The molecule has 4 aromatic rings. The molecule has 188 valence electrons. The number of benzene rings is 3. The number of aromatic nitrogens is 1. The van der Waals surface area contributed by atoms with Gasteiger partial charge >= 0.3 is 0 Å². The Morgan fingerprint density at radius 3 is 2.27 bits per heavy atom. The minimum Gasteiger partial charge on any atom is -0.400 e. The number of amides is 2. The molecule has 3 N–H and O–H groups in total. The van der Waals surface area contributed by atoms with Crippen LogP contribution >= 0.6 is 0 Å². The zero-order chi connectivity index (χ0) is 26.2. The van der Waals surface area contributed by atoms with E-state index in [-0.39, 0.29) is 11.8 Å². The SMILES string of the molecule is CN1Cc2ccc(NC(=O)c3cccc(CNC(=O)c4ccc(-c5ccncc5)cc4)c3)cc2C1.CO. The molecule has 37 heavy (non-hydrogen) atoms. The average Bonchev–Trinajstić information content (AvgIpc) is 3.33. The molecule has 7 nitrogen and oxygen atoms in total. The van der Waals surface area contributed by atoms with Crippen LogP contribution in [0.25, 0.3) is 11.1 Å². The Labute approximate surface area is 216 Å². The Morgan fingerprint density at radius 2 is 1.51 bits per heavy atom. The lowest BCUT2D eigenvalue weighted by Gasteiger charge is -2.10. The van der Waals surface area contributed by atoms with Gasteiger partial charge in [-0.05, 0) is 83.4 Å². The number of fused-ring (bicyclic) bond motifs is 1. The molecule has 0 fully saturated rings. The van der Waals surface area contributed by atoms with Gasteiger partial charge in [-0.25, -0.2) is 0 Å². The molecule has 2 amide bonds. The molecule has 0 radical (unpaired) electrons. The van der Waals surface area contributed by atoms with Crippen molar-refractivity contribution >= 4 is 17.5 Å². The van der Waals surface area contributed by atoms with Gasteiger partial charge in [-0.2, -0.15) is 0 Å². The van der Waals surface area contributed by atoms with Crippen LogP contribution in [0.3, 0.4) is 0 Å². The topological polar surface area (TPSA) is 94.6 Å². The first-order valence-corrected chi connectivity index (χ1v) is 12.0. The van der Waals surface area contributed by atoms with Crippen molar-refractivity contribution in [2.24, 2.45) is 0 Å². The van der Waals surface area contributed by atoms with Crippen molar-refractivity contribution in [1.29, 1.82) is 0 Å². The van der Waals surface area contributed by atoms with Gasteiger partial charge in [0.15, 0.2) is 0 Å². The first-order valence-electron chi connectivity index (χ1n) is 12.0. The molecule has 5 rings (SSSR count). The Hall–Kier alpha value is -4.33. The number of nitrogens with one attached hydrogen (secondary N) is 2. The number of carbonyl (C=O) groups is 2. The average molecular weight is 495 g/mol. The molecule has 0 saturated carbocycles. The second-order valence-corrected chi connectivity index (χ2v) is 8.81. The number of hydrogen-bond acceptors (Lipinski definition) is 5. The second-order valence-electron chi connectivity index (χ2n) is 8.81. The van der Waals surface area contributed by atoms with Crippen LogP contribution in [0.5, 0.6) is 0 Å². The predicted octanol–water partition coefficient (Wildman–Crippen LogP) is 4.48. The Kier molecular flexibility index (Phi) is 8.40. The molecule has 1 aliphatic rings. The third-order valence-electron chi connectivity index (χ3n) is 6.15. The van der Waals surface area contributed by atoms with E-state index in [1.807, 2.05) is 66.7 Å². The van der Waals surface area contributed by atoms with Crippen LogP contribution in [-0.4, -0.2) is 41.0 Å². The van der Waals surface area contributed by atoms with Gasteiger partial charge in [-0.15, -0.1) is 0 Å². The zero-order valence-electron chi connectivity index (χ0n) is 20.9. The summed E-state index contributed by atoms with van der Waals surface area (Å²) in [5, 5.41) is 12.9. The van der Waals surface area contributed by atoms with E-state index in [4.69, 9.17) is 5.11 Å². The van der Waals surface area contributed by atoms with Crippen LogP contribution in [0.1, 0.15) is 37.4 Å². The fraction of sp³-hybridized carbons (Fsp3) is 0.167. The molecule has 0 unspecified atom stereocenters. The number of anilines is 1. The molecule has 0 saturated heterocycles. The van der Waals surface area contributed by atoms with Crippen molar-refractivity contribution in [2.45, 2.75) is 19.6 Å². The fourth-order valence-corrected chi connectivity index (χ4v) is 4.31. The molecule has 1 aromatic heterocycles. The maximum atomic E-state index is 12.8. The van der Waals surface area contributed by atoms with Crippen LogP contribution < -0.4 is 10.6 Å². The smallest absolute Gasteiger partial charge is 0.255 e. The Morgan fingerprint density at radius 1 is 0.811 bits per heavy atom. The minimum atomic E-state index is -0.170. The summed E-state index contributed by atoms with van der Waals surface area (Å²) >= 11 is 0. The van der Waals surface area contributed by atoms with Gasteiger partial charge in [0.25, 0.3) is 11.8 Å². The molecule has 0 aliphatic carbocycles. The Bertz CT molecular complexity index is 1370. The monoisotopic (exact) mass is 494 g/mol. The molecule has 0 atom stereocenters. The van der Waals surface area contributed by atoms with Crippen molar-refractivity contribution < 1.29 is 14.7 Å². The molecule has 1 aliphatic heterocycles. The van der Waals surface area contributed by atoms with E-state index in [0.29, 0.717) is 17.7 Å². The zero-order valence-corrected chi connectivity index (χ0v) is 20.9. The van der Waals surface area contributed by atoms with Gasteiger partial charge in [0.2, 0.25) is 0 Å². The third-order valence-corrected chi connectivity index (χ3v) is 6.15. The lowest BCUT2D eigenvalue weighted by Crippen LogP contribution is -2.23. The lowest BCUT2D eigenvalue weighted by molar-refractivity contribution is 0.0950. The van der Waals surface area contributed by atoms with E-state index in [0.717, 1.165) is 42.6 Å². The minimum absolute atomic E-state index is 0.163. The van der Waals surface area contributed by atoms with E-state index in [1.54, 1.807) is 18.5 Å². The summed E-state index contributed by atoms with van der Waals surface area (Å²) in [6, 6.07) is 24.7. The molecule has 0 bridgehead atoms. The molecule has 7 heteroatoms. The lowest BCUT2D eigenvalue weighted by atomic mass is 10.0. The van der Waals surface area contributed by atoms with Crippen LogP contribution in [0, 0.1) is 0 Å². The Balaban J connectivity index is 0.00000156. The van der Waals surface area contributed by atoms with Crippen molar-refractivity contribution in [3.8, 4) is 11.1 Å². The largest absolute Gasteiger partial charge is 0.400 e. The van der Waals surface area contributed by atoms with E-state index >= 15 is 0 Å². The first kappa shape index (κ1) is 25.8. The summed E-state index contributed by atoms with van der Waals surface area (Å²) in [5.41, 5.74) is 7.40. The van der Waals surface area contributed by atoms with Gasteiger partial charge < -0.3 is 15.7 Å². The number of nitrogens with zero attached hydrogens (tertiary/aromatic N) is 2. The van der Waals surface area contributed by atoms with Gasteiger partial charge in [0.05, 0.1) is 0 Å². The van der Waals surface area contributed by atoms with Gasteiger partial charge in [0, 0.05) is 56.0 Å². The number of pyridine rings is 1. The normalized spacial score (nSPS) is 12.2. The highest BCUT2D eigenvalue weighted by molar-refractivity contribution is 6.04. The quantitative estimate of drug-likeness (QED) is 0.367. The number of aliphatic hydroxyl groups is 1.